The van der Waals surface area contributed by atoms with Crippen LogP contribution in [0.2, 0.25) is 0 Å². The number of nitrogens with one attached hydrogen (secondary N) is 1. The summed E-state index contributed by atoms with van der Waals surface area (Å²) in [6.07, 6.45) is 4.66. The summed E-state index contributed by atoms with van der Waals surface area (Å²) in [5.74, 6) is -2.22. The number of primary amides is 1. The van der Waals surface area contributed by atoms with E-state index in [0.717, 1.165) is 15.8 Å². The van der Waals surface area contributed by atoms with Crippen molar-refractivity contribution in [2.75, 3.05) is 24.8 Å². The standard InChI is InChI=1S/C26H35BrN6O6/c1-6-33(17-7-8-20(19(27)11-17)31-10-9-29-15-31)38-14-22(35)30-23(26(3,4)5)25(37)32-13-18(39-16(2)34)12-21(32)24(28)36/h7-11,15,18,21,23H,6,12-14H2,1-5H3,(H2,28,36)(H,30,35)/t18-,21+,23-/m1/s1. The number of hydrogen-bond donors (Lipinski definition) is 2. The molecule has 13 heteroatoms. The highest BCUT2D eigenvalue weighted by atomic mass is 79.9. The number of rotatable bonds is 10. The summed E-state index contributed by atoms with van der Waals surface area (Å²) in [4.78, 5) is 61.1. The van der Waals surface area contributed by atoms with Gasteiger partial charge in [-0.2, -0.15) is 0 Å². The summed E-state index contributed by atoms with van der Waals surface area (Å²) in [5, 5.41) is 4.33. The Morgan fingerprint density at radius 3 is 2.54 bits per heavy atom. The minimum absolute atomic E-state index is 0.0124. The molecule has 0 unspecified atom stereocenters. The summed E-state index contributed by atoms with van der Waals surface area (Å²) in [7, 11) is 0. The number of halogens is 1. The predicted molar refractivity (Wildman–Crippen MR) is 146 cm³/mol. The van der Waals surface area contributed by atoms with Gasteiger partial charge in [0.25, 0.3) is 0 Å². The van der Waals surface area contributed by atoms with E-state index in [1.807, 2.05) is 35.9 Å². The number of ether oxygens (including phenoxy) is 1. The number of anilines is 1. The fraction of sp³-hybridized carbons (Fsp3) is 0.500. The van der Waals surface area contributed by atoms with Gasteiger partial charge in [-0.25, -0.2) is 4.98 Å². The second-order valence-corrected chi connectivity index (χ2v) is 11.2. The lowest BCUT2D eigenvalue weighted by Gasteiger charge is -2.35. The number of imidazole rings is 1. The van der Waals surface area contributed by atoms with Gasteiger partial charge in [-0.05, 0) is 46.5 Å². The van der Waals surface area contributed by atoms with E-state index in [1.54, 1.807) is 38.4 Å². The number of amides is 3. The summed E-state index contributed by atoms with van der Waals surface area (Å²) < 4.78 is 7.88. The first-order valence-electron chi connectivity index (χ1n) is 12.6. The third-order valence-electron chi connectivity index (χ3n) is 6.27. The zero-order valence-electron chi connectivity index (χ0n) is 22.7. The monoisotopic (exact) mass is 606 g/mol. The Labute approximate surface area is 235 Å². The molecule has 3 rings (SSSR count). The van der Waals surface area contributed by atoms with Crippen molar-refractivity contribution in [2.24, 2.45) is 11.1 Å². The van der Waals surface area contributed by atoms with Gasteiger partial charge in [0, 0.05) is 36.8 Å². The minimum atomic E-state index is -0.981. The lowest BCUT2D eigenvalue weighted by molar-refractivity contribution is -0.147. The van der Waals surface area contributed by atoms with Crippen LogP contribution in [0.1, 0.15) is 41.0 Å². The van der Waals surface area contributed by atoms with Crippen LogP contribution in [0.4, 0.5) is 5.69 Å². The maximum absolute atomic E-state index is 13.6. The maximum Gasteiger partial charge on any atom is 0.302 e. The van der Waals surface area contributed by atoms with E-state index in [9.17, 15) is 19.2 Å². The number of carbonyl (C=O) groups excluding carboxylic acids is 4. The Bertz CT molecular complexity index is 1200. The van der Waals surface area contributed by atoms with E-state index in [2.05, 4.69) is 26.2 Å². The molecule has 0 saturated carbocycles. The van der Waals surface area contributed by atoms with Crippen LogP contribution in [0, 0.1) is 5.41 Å². The molecule has 0 bridgehead atoms. The van der Waals surface area contributed by atoms with Gasteiger partial charge < -0.3 is 25.3 Å². The van der Waals surface area contributed by atoms with Crippen LogP contribution >= 0.6 is 15.9 Å². The quantitative estimate of drug-likeness (QED) is 0.308. The third-order valence-corrected chi connectivity index (χ3v) is 6.90. The molecule has 1 fully saturated rings. The van der Waals surface area contributed by atoms with Gasteiger partial charge in [-0.3, -0.25) is 29.1 Å². The van der Waals surface area contributed by atoms with Crippen molar-refractivity contribution < 1.29 is 28.8 Å². The molecule has 1 aromatic carbocycles. The Balaban J connectivity index is 1.68. The third kappa shape index (κ3) is 7.57. The molecule has 0 radical (unpaired) electrons. The van der Waals surface area contributed by atoms with Crippen LogP contribution in [0.25, 0.3) is 5.69 Å². The lowest BCUT2D eigenvalue weighted by atomic mass is 9.85. The number of hydroxylamine groups is 1. The molecule has 1 aromatic heterocycles. The van der Waals surface area contributed by atoms with Gasteiger partial charge in [0.05, 0.1) is 24.2 Å². The molecule has 3 amide bonds. The van der Waals surface area contributed by atoms with Gasteiger partial charge in [0.2, 0.25) is 17.7 Å². The van der Waals surface area contributed by atoms with Crippen LogP contribution in [-0.2, 0) is 28.8 Å². The fourth-order valence-corrected chi connectivity index (χ4v) is 4.97. The average molecular weight is 608 g/mol. The Morgan fingerprint density at radius 1 is 1.28 bits per heavy atom. The fourth-order valence-electron chi connectivity index (χ4n) is 4.39. The molecule has 2 heterocycles. The predicted octanol–water partition coefficient (Wildman–Crippen LogP) is 1.94. The summed E-state index contributed by atoms with van der Waals surface area (Å²) >= 11 is 3.57. The zero-order chi connectivity index (χ0) is 28.9. The molecule has 12 nitrogen and oxygen atoms in total. The Hall–Kier alpha value is -3.45. The first-order chi connectivity index (χ1) is 18.3. The molecular formula is C26H35BrN6O6. The molecule has 2 aromatic rings. The molecule has 1 aliphatic rings. The van der Waals surface area contributed by atoms with Crippen molar-refractivity contribution in [1.29, 1.82) is 0 Å². The largest absolute Gasteiger partial charge is 0.461 e. The van der Waals surface area contributed by atoms with E-state index in [-0.39, 0.29) is 19.6 Å². The number of benzene rings is 1. The van der Waals surface area contributed by atoms with Crippen molar-refractivity contribution in [2.45, 2.75) is 59.2 Å². The number of hydrogen-bond acceptors (Lipinski definition) is 8. The SMILES string of the molecule is CCN(OCC(=O)N[C@H](C(=O)N1C[C@H](OC(C)=O)C[C@H]1C(N)=O)C(C)(C)C)c1ccc(-n2ccnc2)c(Br)c1. The van der Waals surface area contributed by atoms with Crippen molar-refractivity contribution in [1.82, 2.24) is 19.8 Å². The van der Waals surface area contributed by atoms with Crippen molar-refractivity contribution >= 4 is 45.3 Å². The van der Waals surface area contributed by atoms with Gasteiger partial charge in [0.1, 0.15) is 18.2 Å². The van der Waals surface area contributed by atoms with Crippen LogP contribution in [0.3, 0.4) is 0 Å². The van der Waals surface area contributed by atoms with Crippen LogP contribution in [0.5, 0.6) is 0 Å². The van der Waals surface area contributed by atoms with E-state index in [1.165, 1.54) is 11.8 Å². The van der Waals surface area contributed by atoms with Crippen LogP contribution in [0.15, 0.2) is 41.4 Å². The van der Waals surface area contributed by atoms with Gasteiger partial charge in [-0.15, -0.1) is 0 Å². The number of nitrogens with two attached hydrogens (primary N) is 1. The number of likely N-dealkylation sites (tertiary alicyclic amines) is 1. The second-order valence-electron chi connectivity index (χ2n) is 10.3. The second kappa shape index (κ2) is 12.6. The van der Waals surface area contributed by atoms with Crippen LogP contribution in [-0.4, -0.2) is 76.0 Å². The van der Waals surface area contributed by atoms with Crippen molar-refractivity contribution in [3.63, 3.8) is 0 Å². The molecule has 1 saturated heterocycles. The number of esters is 1. The Morgan fingerprint density at radius 2 is 2.00 bits per heavy atom. The number of carbonyl (C=O) groups is 4. The topological polar surface area (TPSA) is 149 Å². The van der Waals surface area contributed by atoms with E-state index in [0.29, 0.717) is 6.54 Å². The average Bonchev–Trinajstić information content (AvgIpc) is 3.52. The Kier molecular flexibility index (Phi) is 9.73. The first-order valence-corrected chi connectivity index (χ1v) is 13.4. The molecule has 0 spiro atoms. The number of nitrogens with zero attached hydrogens (tertiary/aromatic N) is 4. The smallest absolute Gasteiger partial charge is 0.302 e. The molecule has 3 N–H and O–H groups in total. The molecule has 39 heavy (non-hydrogen) atoms. The normalized spacial score (nSPS) is 17.9. The molecular weight excluding hydrogens is 572 g/mol. The molecule has 212 valence electrons. The number of aromatic nitrogens is 2. The molecule has 0 aliphatic carbocycles. The highest BCUT2D eigenvalue weighted by Gasteiger charge is 2.45. The highest BCUT2D eigenvalue weighted by Crippen LogP contribution is 2.28. The highest BCUT2D eigenvalue weighted by molar-refractivity contribution is 9.10. The molecule has 1 aliphatic heterocycles. The minimum Gasteiger partial charge on any atom is -0.461 e. The van der Waals surface area contributed by atoms with Crippen molar-refractivity contribution in [3.8, 4) is 5.69 Å². The first kappa shape index (κ1) is 30.1. The summed E-state index contributed by atoms with van der Waals surface area (Å²) in [6, 6.07) is 3.70. The van der Waals surface area contributed by atoms with E-state index in [4.69, 9.17) is 15.3 Å². The van der Waals surface area contributed by atoms with Crippen molar-refractivity contribution in [3.05, 3.63) is 41.4 Å². The zero-order valence-corrected chi connectivity index (χ0v) is 24.3. The molecule has 3 atom stereocenters. The van der Waals surface area contributed by atoms with Gasteiger partial charge >= 0.3 is 5.97 Å². The van der Waals surface area contributed by atoms with E-state index < -0.39 is 47.3 Å². The van der Waals surface area contributed by atoms with Crippen LogP contribution < -0.4 is 16.1 Å². The summed E-state index contributed by atoms with van der Waals surface area (Å²) in [5.41, 5.74) is 6.45. The van der Waals surface area contributed by atoms with E-state index >= 15 is 0 Å². The maximum atomic E-state index is 13.6. The van der Waals surface area contributed by atoms with Gasteiger partial charge in [0.15, 0.2) is 6.61 Å². The van der Waals surface area contributed by atoms with Gasteiger partial charge in [-0.1, -0.05) is 20.8 Å². The lowest BCUT2D eigenvalue weighted by Crippen LogP contribution is -2.58. The summed E-state index contributed by atoms with van der Waals surface area (Å²) in [6.45, 7) is 8.66.